The third-order valence-electron chi connectivity index (χ3n) is 2.50. The van der Waals surface area contributed by atoms with Gasteiger partial charge in [-0.3, -0.25) is 4.79 Å². The minimum absolute atomic E-state index is 0.132. The average molecular weight is 196 g/mol. The summed E-state index contributed by atoms with van der Waals surface area (Å²) in [6.45, 7) is 0.698. The van der Waals surface area contributed by atoms with Gasteiger partial charge < -0.3 is 14.8 Å². The van der Waals surface area contributed by atoms with Crippen LogP contribution in [-0.4, -0.2) is 28.6 Å². The van der Waals surface area contributed by atoms with E-state index in [0.717, 1.165) is 6.42 Å². The van der Waals surface area contributed by atoms with E-state index in [-0.39, 0.29) is 5.92 Å². The van der Waals surface area contributed by atoms with E-state index in [1.807, 2.05) is 0 Å². The van der Waals surface area contributed by atoms with Crippen LogP contribution in [0, 0.1) is 0 Å². The molecule has 5 nitrogen and oxygen atoms in total. The Morgan fingerprint density at radius 2 is 2.57 bits per heavy atom. The number of carboxylic acids is 1. The summed E-state index contributed by atoms with van der Waals surface area (Å²) in [4.78, 5) is 14.8. The largest absolute Gasteiger partial charge is 0.480 e. The van der Waals surface area contributed by atoms with Gasteiger partial charge in [0.15, 0.2) is 5.89 Å². The van der Waals surface area contributed by atoms with Gasteiger partial charge in [-0.1, -0.05) is 0 Å². The number of hydrogen-bond donors (Lipinski definition) is 2. The van der Waals surface area contributed by atoms with Crippen molar-refractivity contribution in [3.05, 3.63) is 18.4 Å². The molecule has 2 N–H and O–H groups in total. The van der Waals surface area contributed by atoms with Gasteiger partial charge >= 0.3 is 5.97 Å². The highest BCUT2D eigenvalue weighted by Gasteiger charge is 2.29. The van der Waals surface area contributed by atoms with E-state index in [1.165, 1.54) is 6.26 Å². The lowest BCUT2D eigenvalue weighted by molar-refractivity contribution is -0.140. The van der Waals surface area contributed by atoms with E-state index in [0.29, 0.717) is 18.9 Å². The molecule has 1 aliphatic heterocycles. The molecule has 1 aliphatic rings. The molecule has 0 amide bonds. The lowest BCUT2D eigenvalue weighted by Crippen LogP contribution is -2.42. The molecule has 5 heteroatoms. The molecule has 1 fully saturated rings. The van der Waals surface area contributed by atoms with Crippen molar-refractivity contribution in [2.45, 2.75) is 24.8 Å². The summed E-state index contributed by atoms with van der Waals surface area (Å²) < 4.78 is 5.17. The topological polar surface area (TPSA) is 75.4 Å². The maximum atomic E-state index is 10.8. The van der Waals surface area contributed by atoms with E-state index in [9.17, 15) is 4.79 Å². The second-order valence-electron chi connectivity index (χ2n) is 3.44. The van der Waals surface area contributed by atoms with Gasteiger partial charge in [-0.15, -0.1) is 0 Å². The SMILES string of the molecule is O=C(O)C1CC(c2ncco2)CCN1. The lowest BCUT2D eigenvalue weighted by atomic mass is 9.92. The summed E-state index contributed by atoms with van der Waals surface area (Å²) in [5.41, 5.74) is 0. The van der Waals surface area contributed by atoms with Crippen LogP contribution in [0.2, 0.25) is 0 Å². The molecule has 0 saturated carbocycles. The molecular formula is C9H12N2O3. The number of rotatable bonds is 2. The van der Waals surface area contributed by atoms with Gasteiger partial charge in [-0.05, 0) is 19.4 Å². The Morgan fingerprint density at radius 1 is 1.71 bits per heavy atom. The van der Waals surface area contributed by atoms with Crippen molar-refractivity contribution in [1.82, 2.24) is 10.3 Å². The van der Waals surface area contributed by atoms with Crippen LogP contribution in [0.25, 0.3) is 0 Å². The maximum Gasteiger partial charge on any atom is 0.320 e. The van der Waals surface area contributed by atoms with Crippen LogP contribution in [0.1, 0.15) is 24.7 Å². The lowest BCUT2D eigenvalue weighted by Gasteiger charge is -2.25. The summed E-state index contributed by atoms with van der Waals surface area (Å²) in [7, 11) is 0. The molecule has 2 rings (SSSR count). The Hall–Kier alpha value is -1.36. The second-order valence-corrected chi connectivity index (χ2v) is 3.44. The Kier molecular flexibility index (Phi) is 2.49. The van der Waals surface area contributed by atoms with E-state index in [1.54, 1.807) is 6.20 Å². The first-order valence-electron chi connectivity index (χ1n) is 4.63. The zero-order valence-electron chi connectivity index (χ0n) is 7.64. The van der Waals surface area contributed by atoms with Gasteiger partial charge in [0.2, 0.25) is 0 Å². The number of nitrogens with zero attached hydrogens (tertiary/aromatic N) is 1. The highest BCUT2D eigenvalue weighted by molar-refractivity contribution is 5.73. The van der Waals surface area contributed by atoms with E-state index in [2.05, 4.69) is 10.3 Å². The molecule has 2 atom stereocenters. The summed E-state index contributed by atoms with van der Waals surface area (Å²) in [5.74, 6) is -0.0219. The Bertz CT molecular complexity index is 310. The molecule has 0 spiro atoms. The van der Waals surface area contributed by atoms with Crippen molar-refractivity contribution in [1.29, 1.82) is 0 Å². The summed E-state index contributed by atoms with van der Waals surface area (Å²) in [6, 6.07) is -0.472. The molecule has 14 heavy (non-hydrogen) atoms. The van der Waals surface area contributed by atoms with Gasteiger partial charge in [0.25, 0.3) is 0 Å². The van der Waals surface area contributed by atoms with E-state index in [4.69, 9.17) is 9.52 Å². The van der Waals surface area contributed by atoms with Gasteiger partial charge in [0, 0.05) is 5.92 Å². The Morgan fingerprint density at radius 3 is 3.21 bits per heavy atom. The third-order valence-corrected chi connectivity index (χ3v) is 2.50. The highest BCUT2D eigenvalue weighted by Crippen LogP contribution is 2.26. The van der Waals surface area contributed by atoms with Crippen LogP contribution < -0.4 is 5.32 Å². The fourth-order valence-corrected chi connectivity index (χ4v) is 1.77. The number of carboxylic acid groups (broad SMARTS) is 1. The van der Waals surface area contributed by atoms with Gasteiger partial charge in [-0.25, -0.2) is 4.98 Å². The van der Waals surface area contributed by atoms with Crippen molar-refractivity contribution >= 4 is 5.97 Å². The summed E-state index contributed by atoms with van der Waals surface area (Å²) in [5, 5.41) is 11.8. The van der Waals surface area contributed by atoms with Crippen LogP contribution in [0.15, 0.2) is 16.9 Å². The normalized spacial score (nSPS) is 27.4. The van der Waals surface area contributed by atoms with Gasteiger partial charge in [0.1, 0.15) is 12.3 Å². The minimum atomic E-state index is -0.804. The molecule has 1 aromatic rings. The zero-order valence-corrected chi connectivity index (χ0v) is 7.64. The maximum absolute atomic E-state index is 10.8. The van der Waals surface area contributed by atoms with Crippen LogP contribution in [-0.2, 0) is 4.79 Å². The van der Waals surface area contributed by atoms with Gasteiger partial charge in [-0.2, -0.15) is 0 Å². The average Bonchev–Trinajstić information content (AvgIpc) is 2.71. The number of hydrogen-bond acceptors (Lipinski definition) is 4. The smallest absolute Gasteiger partial charge is 0.320 e. The molecule has 0 bridgehead atoms. The third kappa shape index (κ3) is 1.77. The Balaban J connectivity index is 2.04. The predicted octanol–water partition coefficient (Wildman–Crippen LogP) is 0.595. The standard InChI is InChI=1S/C9H12N2O3/c12-9(13)7-5-6(1-2-10-7)8-11-3-4-14-8/h3-4,6-7,10H,1-2,5H2,(H,12,13). The number of carbonyl (C=O) groups is 1. The molecule has 0 aromatic carbocycles. The van der Waals surface area contributed by atoms with Crippen molar-refractivity contribution in [2.24, 2.45) is 0 Å². The van der Waals surface area contributed by atoms with Crippen molar-refractivity contribution in [2.75, 3.05) is 6.54 Å². The van der Waals surface area contributed by atoms with Crippen LogP contribution in [0.3, 0.4) is 0 Å². The fourth-order valence-electron chi connectivity index (χ4n) is 1.77. The highest BCUT2D eigenvalue weighted by atomic mass is 16.4. The molecule has 2 unspecified atom stereocenters. The summed E-state index contributed by atoms with van der Waals surface area (Å²) in [6.07, 6.45) is 4.54. The van der Waals surface area contributed by atoms with Crippen molar-refractivity contribution in [3.8, 4) is 0 Å². The van der Waals surface area contributed by atoms with Gasteiger partial charge in [0.05, 0.1) is 6.20 Å². The molecule has 1 saturated heterocycles. The first kappa shape index (κ1) is 9.21. The number of nitrogens with one attached hydrogen (secondary N) is 1. The number of aromatic nitrogens is 1. The number of oxazole rings is 1. The monoisotopic (exact) mass is 196 g/mol. The molecule has 0 aliphatic carbocycles. The molecule has 76 valence electrons. The van der Waals surface area contributed by atoms with Crippen molar-refractivity contribution in [3.63, 3.8) is 0 Å². The number of piperidine rings is 1. The quantitative estimate of drug-likeness (QED) is 0.724. The molecular weight excluding hydrogens is 184 g/mol. The summed E-state index contributed by atoms with van der Waals surface area (Å²) >= 11 is 0. The molecule has 0 radical (unpaired) electrons. The van der Waals surface area contributed by atoms with Crippen LogP contribution >= 0.6 is 0 Å². The molecule has 1 aromatic heterocycles. The first-order chi connectivity index (χ1) is 6.77. The first-order valence-corrected chi connectivity index (χ1v) is 4.63. The van der Waals surface area contributed by atoms with Crippen LogP contribution in [0.4, 0.5) is 0 Å². The molecule has 2 heterocycles. The van der Waals surface area contributed by atoms with E-state index >= 15 is 0 Å². The number of aliphatic carboxylic acids is 1. The predicted molar refractivity (Wildman–Crippen MR) is 47.9 cm³/mol. The van der Waals surface area contributed by atoms with Crippen LogP contribution in [0.5, 0.6) is 0 Å². The van der Waals surface area contributed by atoms with E-state index < -0.39 is 12.0 Å². The second kappa shape index (κ2) is 3.79. The van der Waals surface area contributed by atoms with Crippen molar-refractivity contribution < 1.29 is 14.3 Å². The fraction of sp³-hybridized carbons (Fsp3) is 0.556. The zero-order chi connectivity index (χ0) is 9.97. The minimum Gasteiger partial charge on any atom is -0.480 e. The Labute approximate surface area is 81.1 Å².